The second kappa shape index (κ2) is 6.90. The predicted molar refractivity (Wildman–Crippen MR) is 80.5 cm³/mol. The summed E-state index contributed by atoms with van der Waals surface area (Å²) in [6, 6.07) is 0.411. The van der Waals surface area contributed by atoms with Crippen LogP contribution in [0.1, 0.15) is 58.3 Å². The number of carbonyl (C=O) groups excluding carboxylic acids is 1. The Kier molecular flexibility index (Phi) is 5.44. The summed E-state index contributed by atoms with van der Waals surface area (Å²) in [5.41, 5.74) is -0.197. The number of nitrogens with one attached hydrogen (secondary N) is 1. The van der Waals surface area contributed by atoms with Crippen LogP contribution >= 0.6 is 0 Å². The zero-order valence-corrected chi connectivity index (χ0v) is 13.0. The van der Waals surface area contributed by atoms with Crippen LogP contribution in [0.3, 0.4) is 0 Å². The molecule has 0 spiro atoms. The molecule has 0 aromatic rings. The zero-order valence-electron chi connectivity index (χ0n) is 13.0. The van der Waals surface area contributed by atoms with Gasteiger partial charge in [0.1, 0.15) is 0 Å². The molecule has 4 heteroatoms. The number of rotatable bonds is 5. The first kappa shape index (κ1) is 15.8. The second-order valence-corrected chi connectivity index (χ2v) is 6.92. The van der Waals surface area contributed by atoms with Gasteiger partial charge in [-0.1, -0.05) is 19.8 Å². The standard InChI is InChI=1S/C16H30N2O2/c1-13-5-7-14(8-6-13)18(2)15(20)11-17-16(12-19)9-3-4-10-16/h13-14,17,19H,3-12H2,1-2H3. The summed E-state index contributed by atoms with van der Waals surface area (Å²) in [6.45, 7) is 2.80. The number of hydrogen-bond acceptors (Lipinski definition) is 3. The van der Waals surface area contributed by atoms with Gasteiger partial charge in [-0.3, -0.25) is 4.79 Å². The van der Waals surface area contributed by atoms with E-state index in [2.05, 4.69) is 12.2 Å². The lowest BCUT2D eigenvalue weighted by Crippen LogP contribution is -2.51. The molecule has 0 aliphatic heterocycles. The molecule has 0 aromatic carbocycles. The van der Waals surface area contributed by atoms with Crippen LogP contribution < -0.4 is 5.32 Å². The first-order valence-electron chi connectivity index (χ1n) is 8.18. The van der Waals surface area contributed by atoms with Crippen LogP contribution in [0.15, 0.2) is 0 Å². The fourth-order valence-electron chi connectivity index (χ4n) is 3.66. The molecule has 0 aromatic heterocycles. The van der Waals surface area contributed by atoms with Crippen LogP contribution in [0.25, 0.3) is 0 Å². The lowest BCUT2D eigenvalue weighted by molar-refractivity contribution is -0.132. The molecule has 2 saturated carbocycles. The molecule has 0 unspecified atom stereocenters. The molecular weight excluding hydrogens is 252 g/mol. The van der Waals surface area contributed by atoms with Gasteiger partial charge in [-0.2, -0.15) is 0 Å². The fourth-order valence-corrected chi connectivity index (χ4v) is 3.66. The quantitative estimate of drug-likeness (QED) is 0.810. The topological polar surface area (TPSA) is 52.6 Å². The number of likely N-dealkylation sites (N-methyl/N-ethyl adjacent to an activating group) is 1. The average Bonchev–Trinajstić information content (AvgIpc) is 2.94. The van der Waals surface area contributed by atoms with Crippen molar-refractivity contribution in [3.05, 3.63) is 0 Å². The van der Waals surface area contributed by atoms with E-state index in [1.54, 1.807) is 0 Å². The van der Waals surface area contributed by atoms with Crippen LogP contribution in [-0.4, -0.2) is 47.7 Å². The zero-order chi connectivity index (χ0) is 14.6. The van der Waals surface area contributed by atoms with Crippen molar-refractivity contribution in [2.24, 2.45) is 5.92 Å². The van der Waals surface area contributed by atoms with E-state index in [0.717, 1.165) is 44.4 Å². The molecule has 0 bridgehead atoms. The van der Waals surface area contributed by atoms with E-state index < -0.39 is 0 Å². The summed E-state index contributed by atoms with van der Waals surface area (Å²) in [5, 5.41) is 12.9. The van der Waals surface area contributed by atoms with Crippen LogP contribution in [-0.2, 0) is 4.79 Å². The van der Waals surface area contributed by atoms with E-state index in [0.29, 0.717) is 12.6 Å². The van der Waals surface area contributed by atoms with Crippen LogP contribution in [0.4, 0.5) is 0 Å². The van der Waals surface area contributed by atoms with Gasteiger partial charge < -0.3 is 15.3 Å². The lowest BCUT2D eigenvalue weighted by atomic mass is 9.87. The minimum absolute atomic E-state index is 0.144. The molecule has 2 aliphatic carbocycles. The molecule has 2 N–H and O–H groups in total. The Morgan fingerprint density at radius 3 is 2.40 bits per heavy atom. The third kappa shape index (κ3) is 3.73. The monoisotopic (exact) mass is 282 g/mol. The summed E-state index contributed by atoms with van der Waals surface area (Å²) in [7, 11) is 1.94. The summed E-state index contributed by atoms with van der Waals surface area (Å²) >= 11 is 0. The van der Waals surface area contributed by atoms with Crippen molar-refractivity contribution < 1.29 is 9.90 Å². The number of amides is 1. The smallest absolute Gasteiger partial charge is 0.236 e. The molecule has 0 atom stereocenters. The maximum atomic E-state index is 12.3. The van der Waals surface area contributed by atoms with Crippen molar-refractivity contribution in [2.75, 3.05) is 20.2 Å². The Balaban J connectivity index is 1.79. The Labute approximate surface area is 122 Å². The Morgan fingerprint density at radius 2 is 1.85 bits per heavy atom. The highest BCUT2D eigenvalue weighted by Crippen LogP contribution is 2.29. The normalized spacial score (nSPS) is 29.4. The molecule has 2 rings (SSSR count). The van der Waals surface area contributed by atoms with Crippen molar-refractivity contribution in [1.82, 2.24) is 10.2 Å². The highest BCUT2D eigenvalue weighted by molar-refractivity contribution is 5.78. The van der Waals surface area contributed by atoms with Gasteiger partial charge >= 0.3 is 0 Å². The van der Waals surface area contributed by atoms with Gasteiger partial charge in [-0.15, -0.1) is 0 Å². The molecule has 20 heavy (non-hydrogen) atoms. The third-order valence-corrected chi connectivity index (χ3v) is 5.40. The molecule has 0 saturated heterocycles. The fraction of sp³-hybridized carbons (Fsp3) is 0.938. The van der Waals surface area contributed by atoms with E-state index in [9.17, 15) is 9.90 Å². The van der Waals surface area contributed by atoms with E-state index in [-0.39, 0.29) is 18.1 Å². The first-order valence-corrected chi connectivity index (χ1v) is 8.18. The second-order valence-electron chi connectivity index (χ2n) is 6.92. The molecule has 0 heterocycles. The van der Waals surface area contributed by atoms with E-state index >= 15 is 0 Å². The molecular formula is C16H30N2O2. The number of hydrogen-bond donors (Lipinski definition) is 2. The van der Waals surface area contributed by atoms with Gasteiger partial charge in [0.2, 0.25) is 5.91 Å². The Bertz CT molecular complexity index is 318. The number of aliphatic hydroxyl groups is 1. The first-order chi connectivity index (χ1) is 9.56. The van der Waals surface area contributed by atoms with E-state index in [1.807, 2.05) is 11.9 Å². The van der Waals surface area contributed by atoms with Gasteiger partial charge in [0.25, 0.3) is 0 Å². The van der Waals surface area contributed by atoms with Crippen molar-refractivity contribution in [3.8, 4) is 0 Å². The van der Waals surface area contributed by atoms with Gasteiger partial charge in [-0.05, 0) is 44.4 Å². The maximum absolute atomic E-state index is 12.3. The van der Waals surface area contributed by atoms with Gasteiger partial charge in [0.15, 0.2) is 0 Å². The number of aliphatic hydroxyl groups excluding tert-OH is 1. The summed E-state index contributed by atoms with van der Waals surface area (Å²) in [4.78, 5) is 14.2. The highest BCUT2D eigenvalue weighted by Gasteiger charge is 2.34. The van der Waals surface area contributed by atoms with Crippen LogP contribution in [0.2, 0.25) is 0 Å². The number of carbonyl (C=O) groups is 1. The molecule has 2 aliphatic rings. The van der Waals surface area contributed by atoms with Gasteiger partial charge in [0.05, 0.1) is 13.2 Å². The van der Waals surface area contributed by atoms with Crippen molar-refractivity contribution >= 4 is 5.91 Å². The molecule has 4 nitrogen and oxygen atoms in total. The average molecular weight is 282 g/mol. The summed E-state index contributed by atoms with van der Waals surface area (Å²) in [6.07, 6.45) is 9.01. The van der Waals surface area contributed by atoms with Crippen molar-refractivity contribution in [2.45, 2.75) is 69.9 Å². The van der Waals surface area contributed by atoms with Crippen molar-refractivity contribution in [1.29, 1.82) is 0 Å². The minimum atomic E-state index is -0.197. The SMILES string of the molecule is CC1CCC(N(C)C(=O)CNC2(CO)CCCC2)CC1. The Morgan fingerprint density at radius 1 is 1.25 bits per heavy atom. The lowest BCUT2D eigenvalue weighted by Gasteiger charge is -2.35. The van der Waals surface area contributed by atoms with Crippen molar-refractivity contribution in [3.63, 3.8) is 0 Å². The maximum Gasteiger partial charge on any atom is 0.236 e. The van der Waals surface area contributed by atoms with E-state index in [4.69, 9.17) is 0 Å². The minimum Gasteiger partial charge on any atom is -0.394 e. The molecule has 116 valence electrons. The van der Waals surface area contributed by atoms with Crippen LogP contribution in [0, 0.1) is 5.92 Å². The van der Waals surface area contributed by atoms with Gasteiger partial charge in [-0.25, -0.2) is 0 Å². The number of nitrogens with zero attached hydrogens (tertiary/aromatic N) is 1. The van der Waals surface area contributed by atoms with Gasteiger partial charge in [0, 0.05) is 18.6 Å². The summed E-state index contributed by atoms with van der Waals surface area (Å²) < 4.78 is 0. The predicted octanol–water partition coefficient (Wildman–Crippen LogP) is 1.92. The molecule has 1 amide bonds. The molecule has 0 radical (unpaired) electrons. The third-order valence-electron chi connectivity index (χ3n) is 5.40. The van der Waals surface area contributed by atoms with Crippen LogP contribution in [0.5, 0.6) is 0 Å². The Hall–Kier alpha value is -0.610. The highest BCUT2D eigenvalue weighted by atomic mass is 16.3. The summed E-state index contributed by atoms with van der Waals surface area (Å²) in [5.74, 6) is 0.980. The molecule has 2 fully saturated rings. The van der Waals surface area contributed by atoms with E-state index in [1.165, 1.54) is 12.8 Å². The largest absolute Gasteiger partial charge is 0.394 e.